The summed E-state index contributed by atoms with van der Waals surface area (Å²) in [6.07, 6.45) is 4.65. The van der Waals surface area contributed by atoms with E-state index in [2.05, 4.69) is 35.8 Å². The first-order valence-corrected chi connectivity index (χ1v) is 7.89. The number of rotatable bonds is 7. The smallest absolute Gasteiger partial charge is 0.240 e. The van der Waals surface area contributed by atoms with Gasteiger partial charge in [0.25, 0.3) is 0 Å². The lowest BCUT2D eigenvalue weighted by Gasteiger charge is -2.30. The van der Waals surface area contributed by atoms with E-state index in [4.69, 9.17) is 10.3 Å². The second-order valence-electron chi connectivity index (χ2n) is 6.26. The zero-order valence-corrected chi connectivity index (χ0v) is 13.0. The molecule has 2 N–H and O–H groups in total. The van der Waals surface area contributed by atoms with Crippen LogP contribution in [-0.4, -0.2) is 34.2 Å². The summed E-state index contributed by atoms with van der Waals surface area (Å²) in [5.74, 6) is 2.74. The van der Waals surface area contributed by atoms with Crippen LogP contribution in [0.25, 0.3) is 0 Å². The summed E-state index contributed by atoms with van der Waals surface area (Å²) >= 11 is 0. The predicted octanol–water partition coefficient (Wildman–Crippen LogP) is 2.22. The van der Waals surface area contributed by atoms with Gasteiger partial charge in [0, 0.05) is 12.5 Å². The Morgan fingerprint density at radius 1 is 1.40 bits per heavy atom. The molecule has 1 aliphatic carbocycles. The van der Waals surface area contributed by atoms with Gasteiger partial charge in [-0.15, -0.1) is 0 Å². The summed E-state index contributed by atoms with van der Waals surface area (Å²) in [6, 6.07) is 0.574. The zero-order valence-electron chi connectivity index (χ0n) is 13.0. The first-order chi connectivity index (χ1) is 9.63. The number of hydrogen-bond acceptors (Lipinski definition) is 5. The van der Waals surface area contributed by atoms with Gasteiger partial charge in [-0.2, -0.15) is 4.98 Å². The van der Waals surface area contributed by atoms with Crippen LogP contribution in [0.15, 0.2) is 4.52 Å². The lowest BCUT2D eigenvalue weighted by molar-refractivity contribution is 0.143. The topological polar surface area (TPSA) is 68.2 Å². The highest BCUT2D eigenvalue weighted by Gasteiger charge is 2.31. The minimum absolute atomic E-state index is 0.555. The second kappa shape index (κ2) is 7.18. The number of nitrogens with two attached hydrogens (primary N) is 1. The Morgan fingerprint density at radius 3 is 2.85 bits per heavy atom. The van der Waals surface area contributed by atoms with Gasteiger partial charge in [-0.1, -0.05) is 32.3 Å². The maximum Gasteiger partial charge on any atom is 0.240 e. The summed E-state index contributed by atoms with van der Waals surface area (Å²) in [7, 11) is 0. The third kappa shape index (κ3) is 3.79. The molecular formula is C15H28N4O. The minimum atomic E-state index is 0.555. The normalized spacial score (nSPS) is 23.1. The molecule has 20 heavy (non-hydrogen) atoms. The standard InChI is InChI=1S/C15H28N4O/c1-4-19(13-7-5-6-12(13)9-16)10-15-17-14(18-20-15)8-11(2)3/h11-13H,4-10,16H2,1-3H3. The SMILES string of the molecule is CCN(Cc1nc(CC(C)C)no1)C1CCCC1CN. The number of aromatic nitrogens is 2. The van der Waals surface area contributed by atoms with Crippen molar-refractivity contribution in [3.05, 3.63) is 11.7 Å². The van der Waals surface area contributed by atoms with Crippen LogP contribution in [0, 0.1) is 11.8 Å². The molecule has 1 aliphatic rings. The van der Waals surface area contributed by atoms with Crippen LogP contribution in [0.4, 0.5) is 0 Å². The molecule has 0 bridgehead atoms. The van der Waals surface area contributed by atoms with Crippen molar-refractivity contribution in [1.82, 2.24) is 15.0 Å². The third-order valence-electron chi connectivity index (χ3n) is 4.24. The summed E-state index contributed by atoms with van der Waals surface area (Å²) in [5, 5.41) is 4.07. The molecule has 0 aliphatic heterocycles. The van der Waals surface area contributed by atoms with E-state index < -0.39 is 0 Å². The van der Waals surface area contributed by atoms with Crippen molar-refractivity contribution in [2.24, 2.45) is 17.6 Å². The minimum Gasteiger partial charge on any atom is -0.338 e. The van der Waals surface area contributed by atoms with E-state index in [9.17, 15) is 0 Å². The second-order valence-corrected chi connectivity index (χ2v) is 6.26. The van der Waals surface area contributed by atoms with Crippen molar-refractivity contribution < 1.29 is 4.52 Å². The molecule has 2 rings (SSSR count). The first-order valence-electron chi connectivity index (χ1n) is 7.89. The fraction of sp³-hybridized carbons (Fsp3) is 0.867. The van der Waals surface area contributed by atoms with E-state index in [0.29, 0.717) is 17.9 Å². The van der Waals surface area contributed by atoms with E-state index in [0.717, 1.165) is 37.8 Å². The maximum atomic E-state index is 5.89. The Bertz CT molecular complexity index is 404. The Balaban J connectivity index is 1.97. The van der Waals surface area contributed by atoms with Gasteiger partial charge >= 0.3 is 0 Å². The highest BCUT2D eigenvalue weighted by molar-refractivity contribution is 4.91. The van der Waals surface area contributed by atoms with Crippen LogP contribution in [0.1, 0.15) is 51.7 Å². The molecule has 2 atom stereocenters. The summed E-state index contributed by atoms with van der Waals surface area (Å²) in [4.78, 5) is 6.95. The van der Waals surface area contributed by atoms with Crippen LogP contribution in [0.3, 0.4) is 0 Å². The van der Waals surface area contributed by atoms with Gasteiger partial charge in [-0.05, 0) is 37.8 Å². The van der Waals surface area contributed by atoms with Crippen molar-refractivity contribution >= 4 is 0 Å². The van der Waals surface area contributed by atoms with Crippen molar-refractivity contribution in [2.75, 3.05) is 13.1 Å². The zero-order chi connectivity index (χ0) is 14.5. The summed E-state index contributed by atoms with van der Waals surface area (Å²) < 4.78 is 5.39. The van der Waals surface area contributed by atoms with Crippen LogP contribution in [0.2, 0.25) is 0 Å². The Kier molecular flexibility index (Phi) is 5.54. The highest BCUT2D eigenvalue weighted by Crippen LogP contribution is 2.29. The van der Waals surface area contributed by atoms with Crippen LogP contribution >= 0.6 is 0 Å². The third-order valence-corrected chi connectivity index (χ3v) is 4.24. The molecule has 5 heteroatoms. The maximum absolute atomic E-state index is 5.89. The van der Waals surface area contributed by atoms with E-state index in [1.807, 2.05) is 0 Å². The Labute approximate surface area is 121 Å². The van der Waals surface area contributed by atoms with Crippen molar-refractivity contribution in [1.29, 1.82) is 0 Å². The molecule has 0 aromatic carbocycles. The van der Waals surface area contributed by atoms with E-state index in [1.54, 1.807) is 0 Å². The van der Waals surface area contributed by atoms with E-state index in [1.165, 1.54) is 19.3 Å². The molecular weight excluding hydrogens is 252 g/mol. The van der Waals surface area contributed by atoms with Gasteiger partial charge in [0.05, 0.1) is 6.54 Å². The summed E-state index contributed by atoms with van der Waals surface area (Å²) in [5.41, 5.74) is 5.89. The fourth-order valence-electron chi connectivity index (χ4n) is 3.21. The number of hydrogen-bond donors (Lipinski definition) is 1. The number of nitrogens with zero attached hydrogens (tertiary/aromatic N) is 3. The van der Waals surface area contributed by atoms with Crippen molar-refractivity contribution in [3.63, 3.8) is 0 Å². The molecule has 114 valence electrons. The van der Waals surface area contributed by atoms with Gasteiger partial charge in [-0.25, -0.2) is 0 Å². The van der Waals surface area contributed by atoms with Crippen molar-refractivity contribution in [3.8, 4) is 0 Å². The van der Waals surface area contributed by atoms with E-state index in [-0.39, 0.29) is 0 Å². The quantitative estimate of drug-likeness (QED) is 0.829. The lowest BCUT2D eigenvalue weighted by Crippen LogP contribution is -2.39. The van der Waals surface area contributed by atoms with Crippen molar-refractivity contribution in [2.45, 2.75) is 59.0 Å². The van der Waals surface area contributed by atoms with Gasteiger partial charge < -0.3 is 10.3 Å². The molecule has 0 spiro atoms. The average molecular weight is 280 g/mol. The Morgan fingerprint density at radius 2 is 2.20 bits per heavy atom. The molecule has 0 amide bonds. The summed E-state index contributed by atoms with van der Waals surface area (Å²) in [6.45, 7) is 9.06. The molecule has 1 aromatic heterocycles. The largest absolute Gasteiger partial charge is 0.338 e. The molecule has 1 fully saturated rings. The van der Waals surface area contributed by atoms with Gasteiger partial charge in [0.1, 0.15) is 0 Å². The molecule has 0 saturated heterocycles. The average Bonchev–Trinajstić information content (AvgIpc) is 3.03. The van der Waals surface area contributed by atoms with Gasteiger partial charge in [-0.3, -0.25) is 4.90 Å². The molecule has 1 aromatic rings. The molecule has 1 saturated carbocycles. The Hall–Kier alpha value is -0.940. The molecule has 5 nitrogen and oxygen atoms in total. The van der Waals surface area contributed by atoms with E-state index >= 15 is 0 Å². The monoisotopic (exact) mass is 280 g/mol. The highest BCUT2D eigenvalue weighted by atomic mass is 16.5. The fourth-order valence-corrected chi connectivity index (χ4v) is 3.21. The predicted molar refractivity (Wildman–Crippen MR) is 79.1 cm³/mol. The first kappa shape index (κ1) is 15.4. The van der Waals surface area contributed by atoms with Crippen LogP contribution in [0.5, 0.6) is 0 Å². The van der Waals surface area contributed by atoms with Crippen LogP contribution < -0.4 is 5.73 Å². The lowest BCUT2D eigenvalue weighted by atomic mass is 10.0. The van der Waals surface area contributed by atoms with Gasteiger partial charge in [0.15, 0.2) is 5.82 Å². The molecule has 2 unspecified atom stereocenters. The van der Waals surface area contributed by atoms with Crippen LogP contribution in [-0.2, 0) is 13.0 Å². The molecule has 0 radical (unpaired) electrons. The molecule has 1 heterocycles. The van der Waals surface area contributed by atoms with Gasteiger partial charge in [0.2, 0.25) is 5.89 Å².